The summed E-state index contributed by atoms with van der Waals surface area (Å²) < 4.78 is 9.98. The van der Waals surface area contributed by atoms with Crippen LogP contribution < -0.4 is 11.1 Å². The number of hydrogen-bond acceptors (Lipinski definition) is 6. The Morgan fingerprint density at radius 3 is 3.00 bits per heavy atom. The Labute approximate surface area is 100 Å². The third kappa shape index (κ3) is 5.12. The predicted octanol–water partition coefficient (Wildman–Crippen LogP) is -1.08. The van der Waals surface area contributed by atoms with Crippen molar-refractivity contribution in [2.24, 2.45) is 5.73 Å². The number of nitrogens with two attached hydrogens (primary N) is 1. The average molecular weight is 245 g/mol. The van der Waals surface area contributed by atoms with Gasteiger partial charge in [0.1, 0.15) is 0 Å². The van der Waals surface area contributed by atoms with Gasteiger partial charge in [0.05, 0.1) is 25.9 Å². The smallest absolute Gasteiger partial charge is 0.413 e. The second-order valence-electron chi connectivity index (χ2n) is 3.73. The summed E-state index contributed by atoms with van der Waals surface area (Å²) in [6.45, 7) is 4.31. The molecule has 0 saturated carbocycles. The summed E-state index contributed by atoms with van der Waals surface area (Å²) in [4.78, 5) is 24.4. The predicted molar refractivity (Wildman–Crippen MR) is 60.4 cm³/mol. The van der Waals surface area contributed by atoms with Crippen LogP contribution in [0.25, 0.3) is 0 Å². The molecule has 0 bridgehead atoms. The van der Waals surface area contributed by atoms with Gasteiger partial charge in [-0.3, -0.25) is 15.0 Å². The molecule has 7 heteroatoms. The van der Waals surface area contributed by atoms with Crippen LogP contribution in [0.2, 0.25) is 0 Å². The highest BCUT2D eigenvalue weighted by atomic mass is 16.5. The SMILES string of the molecule is CCOC(=O)NC(=O)CN1CCOC(CN)C1. The van der Waals surface area contributed by atoms with E-state index in [1.807, 2.05) is 4.90 Å². The Balaban J connectivity index is 2.28. The van der Waals surface area contributed by atoms with Gasteiger partial charge < -0.3 is 15.2 Å². The second kappa shape index (κ2) is 7.21. The summed E-state index contributed by atoms with van der Waals surface area (Å²) >= 11 is 0. The van der Waals surface area contributed by atoms with Crippen LogP contribution in [0.5, 0.6) is 0 Å². The first-order valence-corrected chi connectivity index (χ1v) is 5.66. The van der Waals surface area contributed by atoms with E-state index >= 15 is 0 Å². The Bertz CT molecular complexity index is 272. The van der Waals surface area contributed by atoms with Crippen molar-refractivity contribution < 1.29 is 19.1 Å². The molecule has 1 rings (SSSR count). The van der Waals surface area contributed by atoms with E-state index in [0.29, 0.717) is 26.2 Å². The van der Waals surface area contributed by atoms with Gasteiger partial charge in [-0.1, -0.05) is 0 Å². The standard InChI is InChI=1S/C10H19N3O4/c1-2-16-10(15)12-9(14)7-13-3-4-17-8(5-11)6-13/h8H,2-7,11H2,1H3,(H,12,14,15). The third-order valence-electron chi connectivity index (χ3n) is 2.37. The Hall–Kier alpha value is -1.18. The number of carbonyl (C=O) groups excluding carboxylic acids is 2. The molecule has 1 aliphatic rings. The van der Waals surface area contributed by atoms with E-state index in [2.05, 4.69) is 10.1 Å². The monoisotopic (exact) mass is 245 g/mol. The average Bonchev–Trinajstić information content (AvgIpc) is 2.29. The summed E-state index contributed by atoms with van der Waals surface area (Å²) in [6.07, 6.45) is -0.750. The van der Waals surface area contributed by atoms with Gasteiger partial charge in [-0.2, -0.15) is 0 Å². The van der Waals surface area contributed by atoms with E-state index < -0.39 is 6.09 Å². The number of nitrogens with zero attached hydrogens (tertiary/aromatic N) is 1. The fraction of sp³-hybridized carbons (Fsp3) is 0.800. The number of carbonyl (C=O) groups is 2. The molecule has 0 aromatic rings. The van der Waals surface area contributed by atoms with E-state index in [0.717, 1.165) is 0 Å². The highest BCUT2D eigenvalue weighted by Gasteiger charge is 2.21. The summed E-state index contributed by atoms with van der Waals surface area (Å²) in [5.41, 5.74) is 5.49. The molecule has 2 amide bonds. The molecular weight excluding hydrogens is 226 g/mol. The Morgan fingerprint density at radius 1 is 1.59 bits per heavy atom. The topological polar surface area (TPSA) is 93.9 Å². The number of ether oxygens (including phenoxy) is 2. The highest BCUT2D eigenvalue weighted by Crippen LogP contribution is 2.03. The minimum Gasteiger partial charge on any atom is -0.450 e. The third-order valence-corrected chi connectivity index (χ3v) is 2.37. The van der Waals surface area contributed by atoms with Crippen molar-refractivity contribution >= 4 is 12.0 Å². The van der Waals surface area contributed by atoms with Crippen LogP contribution >= 0.6 is 0 Å². The van der Waals surface area contributed by atoms with E-state index in [-0.39, 0.29) is 25.2 Å². The fourth-order valence-corrected chi connectivity index (χ4v) is 1.59. The van der Waals surface area contributed by atoms with Gasteiger partial charge in [-0.25, -0.2) is 4.79 Å². The van der Waals surface area contributed by atoms with Crippen LogP contribution in [0.1, 0.15) is 6.92 Å². The lowest BCUT2D eigenvalue weighted by molar-refractivity contribution is -0.123. The molecule has 0 aromatic carbocycles. The largest absolute Gasteiger partial charge is 0.450 e. The maximum atomic E-state index is 11.5. The molecule has 3 N–H and O–H groups in total. The van der Waals surface area contributed by atoms with Crippen LogP contribution in [-0.4, -0.2) is 62.4 Å². The van der Waals surface area contributed by atoms with Crippen LogP contribution in [0.15, 0.2) is 0 Å². The van der Waals surface area contributed by atoms with Gasteiger partial charge >= 0.3 is 6.09 Å². The number of morpholine rings is 1. The lowest BCUT2D eigenvalue weighted by atomic mass is 10.2. The first-order chi connectivity index (χ1) is 8.15. The van der Waals surface area contributed by atoms with Gasteiger partial charge in [-0.15, -0.1) is 0 Å². The quantitative estimate of drug-likeness (QED) is 0.654. The molecule has 7 nitrogen and oxygen atoms in total. The van der Waals surface area contributed by atoms with Crippen molar-refractivity contribution in [1.29, 1.82) is 0 Å². The maximum Gasteiger partial charge on any atom is 0.413 e. The zero-order chi connectivity index (χ0) is 12.7. The molecule has 1 fully saturated rings. The molecule has 0 spiro atoms. The molecule has 1 saturated heterocycles. The molecule has 0 aromatic heterocycles. The van der Waals surface area contributed by atoms with E-state index in [4.69, 9.17) is 10.5 Å². The molecule has 1 atom stereocenters. The van der Waals surface area contributed by atoms with Crippen molar-refractivity contribution in [3.63, 3.8) is 0 Å². The summed E-state index contributed by atoms with van der Waals surface area (Å²) in [7, 11) is 0. The van der Waals surface area contributed by atoms with E-state index in [1.54, 1.807) is 6.92 Å². The maximum absolute atomic E-state index is 11.5. The van der Waals surface area contributed by atoms with Crippen LogP contribution in [0, 0.1) is 0 Å². The van der Waals surface area contributed by atoms with Gasteiger partial charge in [0, 0.05) is 19.6 Å². The minimum atomic E-state index is -0.707. The van der Waals surface area contributed by atoms with Crippen molar-refractivity contribution in [2.45, 2.75) is 13.0 Å². The summed E-state index contributed by atoms with van der Waals surface area (Å²) in [5, 5.41) is 2.15. The van der Waals surface area contributed by atoms with E-state index in [1.165, 1.54) is 0 Å². The Morgan fingerprint density at radius 2 is 2.35 bits per heavy atom. The van der Waals surface area contributed by atoms with Crippen molar-refractivity contribution in [1.82, 2.24) is 10.2 Å². The summed E-state index contributed by atoms with van der Waals surface area (Å²) in [5.74, 6) is -0.374. The zero-order valence-electron chi connectivity index (χ0n) is 9.98. The van der Waals surface area contributed by atoms with Gasteiger partial charge in [0.15, 0.2) is 0 Å². The molecule has 98 valence electrons. The Kier molecular flexibility index (Phi) is 5.88. The molecule has 1 unspecified atom stereocenters. The normalized spacial score (nSPS) is 20.9. The number of amides is 2. The number of alkyl carbamates (subject to hydrolysis) is 1. The van der Waals surface area contributed by atoms with Crippen LogP contribution in [0.3, 0.4) is 0 Å². The molecule has 1 heterocycles. The van der Waals surface area contributed by atoms with Crippen LogP contribution in [0.4, 0.5) is 4.79 Å². The van der Waals surface area contributed by atoms with Gasteiger partial charge in [0.2, 0.25) is 5.91 Å². The number of hydrogen-bond donors (Lipinski definition) is 2. The zero-order valence-corrected chi connectivity index (χ0v) is 9.98. The van der Waals surface area contributed by atoms with Crippen molar-refractivity contribution in [3.8, 4) is 0 Å². The number of imide groups is 1. The molecule has 0 aliphatic carbocycles. The molecule has 0 radical (unpaired) electrons. The summed E-state index contributed by atoms with van der Waals surface area (Å²) in [6, 6.07) is 0. The minimum absolute atomic E-state index is 0.0425. The number of rotatable bonds is 4. The fourth-order valence-electron chi connectivity index (χ4n) is 1.59. The van der Waals surface area contributed by atoms with E-state index in [9.17, 15) is 9.59 Å². The lowest BCUT2D eigenvalue weighted by Gasteiger charge is -2.31. The van der Waals surface area contributed by atoms with Crippen molar-refractivity contribution in [2.75, 3.05) is 39.4 Å². The van der Waals surface area contributed by atoms with Crippen molar-refractivity contribution in [3.05, 3.63) is 0 Å². The number of nitrogens with one attached hydrogen (secondary N) is 1. The van der Waals surface area contributed by atoms with Gasteiger partial charge in [0.25, 0.3) is 0 Å². The highest BCUT2D eigenvalue weighted by molar-refractivity contribution is 5.92. The van der Waals surface area contributed by atoms with Gasteiger partial charge in [-0.05, 0) is 6.92 Å². The molecular formula is C10H19N3O4. The first-order valence-electron chi connectivity index (χ1n) is 5.66. The second-order valence-corrected chi connectivity index (χ2v) is 3.73. The molecule has 1 aliphatic heterocycles. The lowest BCUT2D eigenvalue weighted by Crippen LogP contribution is -2.49. The first kappa shape index (κ1) is 13.9. The van der Waals surface area contributed by atoms with Crippen LogP contribution in [-0.2, 0) is 14.3 Å². The molecule has 17 heavy (non-hydrogen) atoms.